The van der Waals surface area contributed by atoms with Gasteiger partial charge in [-0.05, 0) is 5.56 Å². The number of H-pyrrole nitrogens is 2. The summed E-state index contributed by atoms with van der Waals surface area (Å²) in [5.41, 5.74) is 2.27. The number of benzene rings is 1. The fourth-order valence-electron chi connectivity index (χ4n) is 1.50. The number of hydrogen-bond donors (Lipinski definition) is 2. The number of nitrogens with zero attached hydrogens (tertiary/aromatic N) is 1. The average molecular weight is 199 g/mol. The zero-order valence-electron chi connectivity index (χ0n) is 7.95. The molecule has 0 bridgehead atoms. The molecule has 15 heavy (non-hydrogen) atoms. The van der Waals surface area contributed by atoms with Gasteiger partial charge in [-0.1, -0.05) is 24.3 Å². The molecule has 2 N–H and O–H groups in total. The molecule has 2 rings (SSSR count). The van der Waals surface area contributed by atoms with Crippen LogP contribution in [0.1, 0.15) is 5.56 Å². The van der Waals surface area contributed by atoms with Gasteiger partial charge in [-0.2, -0.15) is 5.26 Å². The monoisotopic (exact) mass is 199 g/mol. The van der Waals surface area contributed by atoms with Gasteiger partial charge in [0, 0.05) is 11.8 Å². The van der Waals surface area contributed by atoms with Gasteiger partial charge in [0.05, 0.1) is 18.2 Å². The van der Waals surface area contributed by atoms with Crippen LogP contribution in [0.2, 0.25) is 0 Å². The summed E-state index contributed by atoms with van der Waals surface area (Å²) < 4.78 is 0. The molecule has 4 nitrogen and oxygen atoms in total. The van der Waals surface area contributed by atoms with Gasteiger partial charge in [0.2, 0.25) is 0 Å². The molecule has 0 saturated carbocycles. The highest BCUT2D eigenvalue weighted by Crippen LogP contribution is 2.20. The van der Waals surface area contributed by atoms with Crippen molar-refractivity contribution in [2.75, 3.05) is 0 Å². The Bertz CT molecular complexity index is 559. The quantitative estimate of drug-likeness (QED) is 0.768. The largest absolute Gasteiger partial charge is 0.323 e. The molecule has 0 aliphatic heterocycles. The summed E-state index contributed by atoms with van der Waals surface area (Å²) in [6.07, 6.45) is 1.95. The Hall–Kier alpha value is -2.28. The van der Waals surface area contributed by atoms with E-state index in [4.69, 9.17) is 5.26 Å². The summed E-state index contributed by atoms with van der Waals surface area (Å²) >= 11 is 0. The Morgan fingerprint density at radius 3 is 2.80 bits per heavy atom. The van der Waals surface area contributed by atoms with Crippen molar-refractivity contribution >= 4 is 0 Å². The van der Waals surface area contributed by atoms with Gasteiger partial charge in [-0.25, -0.2) is 4.79 Å². The number of nitriles is 1. The van der Waals surface area contributed by atoms with Crippen molar-refractivity contribution in [3.05, 3.63) is 46.5 Å². The lowest BCUT2D eigenvalue weighted by Crippen LogP contribution is -2.00. The van der Waals surface area contributed by atoms with Crippen LogP contribution in [0.3, 0.4) is 0 Å². The average Bonchev–Trinajstić information content (AvgIpc) is 2.66. The van der Waals surface area contributed by atoms with E-state index in [1.165, 1.54) is 0 Å². The van der Waals surface area contributed by atoms with Crippen LogP contribution >= 0.6 is 0 Å². The van der Waals surface area contributed by atoms with E-state index in [-0.39, 0.29) is 5.69 Å². The summed E-state index contributed by atoms with van der Waals surface area (Å²) in [6, 6.07) is 9.61. The van der Waals surface area contributed by atoms with Gasteiger partial charge in [-0.15, -0.1) is 0 Å². The predicted octanol–water partition coefficient (Wildman–Crippen LogP) is 1.44. The minimum Gasteiger partial charge on any atom is -0.312 e. The molecule has 0 radical (unpaired) electrons. The molecular weight excluding hydrogens is 190 g/mol. The number of rotatable bonds is 2. The number of hydrogen-bond acceptors (Lipinski definition) is 2. The minimum absolute atomic E-state index is 0.239. The summed E-state index contributed by atoms with van der Waals surface area (Å²) in [7, 11) is 0. The fraction of sp³-hybridized carbons (Fsp3) is 0.0909. The lowest BCUT2D eigenvalue weighted by Gasteiger charge is -2.02. The van der Waals surface area contributed by atoms with Crippen LogP contribution in [0.15, 0.2) is 35.3 Å². The molecule has 0 unspecified atom stereocenters. The molecule has 0 saturated heterocycles. The minimum atomic E-state index is -0.239. The highest BCUT2D eigenvalue weighted by molar-refractivity contribution is 5.63. The Morgan fingerprint density at radius 1 is 1.33 bits per heavy atom. The maximum Gasteiger partial charge on any atom is 0.323 e. The third-order valence-electron chi connectivity index (χ3n) is 2.17. The summed E-state index contributed by atoms with van der Waals surface area (Å²) in [5.74, 6) is 0. The predicted molar refractivity (Wildman–Crippen MR) is 56.2 cm³/mol. The lowest BCUT2D eigenvalue weighted by atomic mass is 10.0. The normalized spacial score (nSPS) is 9.80. The van der Waals surface area contributed by atoms with Crippen molar-refractivity contribution in [1.82, 2.24) is 9.97 Å². The van der Waals surface area contributed by atoms with E-state index in [9.17, 15) is 4.79 Å². The molecule has 0 atom stereocenters. The second kappa shape index (κ2) is 3.84. The van der Waals surface area contributed by atoms with Crippen molar-refractivity contribution in [2.24, 2.45) is 0 Å². The molecule has 0 aliphatic carbocycles. The molecular formula is C11H9N3O. The standard InChI is InChI=1S/C11H9N3O/c12-6-5-8-3-1-2-4-9(8)10-7-13-11(15)14-10/h1-4,7H,5H2,(H2,13,14,15). The Labute approximate surface area is 86.2 Å². The van der Waals surface area contributed by atoms with Crippen LogP contribution in [0, 0.1) is 11.3 Å². The summed E-state index contributed by atoms with van der Waals surface area (Å²) in [5, 5.41) is 8.67. The third-order valence-corrected chi connectivity index (χ3v) is 2.17. The van der Waals surface area contributed by atoms with E-state index < -0.39 is 0 Å². The smallest absolute Gasteiger partial charge is 0.312 e. The van der Waals surface area contributed by atoms with E-state index in [1.807, 2.05) is 24.3 Å². The van der Waals surface area contributed by atoms with Crippen LogP contribution in [0.25, 0.3) is 11.3 Å². The zero-order valence-corrected chi connectivity index (χ0v) is 7.95. The zero-order chi connectivity index (χ0) is 10.7. The van der Waals surface area contributed by atoms with Crippen molar-refractivity contribution in [1.29, 1.82) is 5.26 Å². The summed E-state index contributed by atoms with van der Waals surface area (Å²) in [6.45, 7) is 0. The first-order valence-corrected chi connectivity index (χ1v) is 4.54. The van der Waals surface area contributed by atoms with E-state index in [2.05, 4.69) is 16.0 Å². The molecule has 4 heteroatoms. The van der Waals surface area contributed by atoms with E-state index in [0.29, 0.717) is 12.1 Å². The van der Waals surface area contributed by atoms with Crippen molar-refractivity contribution in [3.8, 4) is 17.3 Å². The van der Waals surface area contributed by atoms with Crippen molar-refractivity contribution in [3.63, 3.8) is 0 Å². The fourth-order valence-corrected chi connectivity index (χ4v) is 1.50. The molecule has 1 aromatic carbocycles. The van der Waals surface area contributed by atoms with Crippen LogP contribution < -0.4 is 5.69 Å². The third kappa shape index (κ3) is 1.81. The van der Waals surface area contributed by atoms with Gasteiger partial charge >= 0.3 is 5.69 Å². The number of aromatic amines is 2. The first kappa shape index (κ1) is 9.28. The second-order valence-electron chi connectivity index (χ2n) is 3.15. The lowest BCUT2D eigenvalue weighted by molar-refractivity contribution is 1.19. The van der Waals surface area contributed by atoms with Crippen molar-refractivity contribution in [2.45, 2.75) is 6.42 Å². The van der Waals surface area contributed by atoms with E-state index in [0.717, 1.165) is 11.1 Å². The summed E-state index contributed by atoms with van der Waals surface area (Å²) in [4.78, 5) is 16.2. The Kier molecular flexibility index (Phi) is 2.38. The Balaban J connectivity index is 2.53. The van der Waals surface area contributed by atoms with Crippen LogP contribution in [-0.2, 0) is 6.42 Å². The van der Waals surface area contributed by atoms with Crippen LogP contribution in [-0.4, -0.2) is 9.97 Å². The first-order valence-electron chi connectivity index (χ1n) is 4.54. The molecule has 1 heterocycles. The molecule has 0 fully saturated rings. The maximum atomic E-state index is 11.0. The van der Waals surface area contributed by atoms with E-state index >= 15 is 0 Å². The van der Waals surface area contributed by atoms with Crippen LogP contribution in [0.5, 0.6) is 0 Å². The number of imidazole rings is 1. The first-order chi connectivity index (χ1) is 7.31. The van der Waals surface area contributed by atoms with Crippen molar-refractivity contribution < 1.29 is 0 Å². The highest BCUT2D eigenvalue weighted by Gasteiger charge is 2.05. The molecule has 0 amide bonds. The second-order valence-corrected chi connectivity index (χ2v) is 3.15. The van der Waals surface area contributed by atoms with Gasteiger partial charge < -0.3 is 9.97 Å². The maximum absolute atomic E-state index is 11.0. The Morgan fingerprint density at radius 2 is 2.13 bits per heavy atom. The number of aromatic nitrogens is 2. The molecule has 0 spiro atoms. The molecule has 74 valence electrons. The van der Waals surface area contributed by atoms with Gasteiger partial charge in [0.1, 0.15) is 0 Å². The van der Waals surface area contributed by atoms with Gasteiger partial charge in [0.25, 0.3) is 0 Å². The van der Waals surface area contributed by atoms with E-state index in [1.54, 1.807) is 6.20 Å². The SMILES string of the molecule is N#CCc1ccccc1-c1c[nH]c(=O)[nH]1. The van der Waals surface area contributed by atoms with Gasteiger partial charge in [-0.3, -0.25) is 0 Å². The molecule has 0 aliphatic rings. The number of nitrogens with one attached hydrogen (secondary N) is 2. The highest BCUT2D eigenvalue weighted by atomic mass is 16.1. The molecule has 2 aromatic rings. The van der Waals surface area contributed by atoms with Crippen LogP contribution in [0.4, 0.5) is 0 Å². The molecule has 1 aromatic heterocycles. The van der Waals surface area contributed by atoms with Gasteiger partial charge in [0.15, 0.2) is 0 Å². The topological polar surface area (TPSA) is 72.4 Å².